The molecule has 1 aromatic rings. The molecule has 1 aromatic heterocycles. The Morgan fingerprint density at radius 1 is 1.56 bits per heavy atom. The highest BCUT2D eigenvalue weighted by Crippen LogP contribution is 2.27. The van der Waals surface area contributed by atoms with Crippen molar-refractivity contribution in [1.29, 1.82) is 0 Å². The number of piperazine rings is 1. The first kappa shape index (κ1) is 14.0. The van der Waals surface area contributed by atoms with Crippen LogP contribution in [0.2, 0.25) is 0 Å². The van der Waals surface area contributed by atoms with Crippen molar-refractivity contribution in [1.82, 2.24) is 15.5 Å². The van der Waals surface area contributed by atoms with Crippen molar-refractivity contribution in [3.63, 3.8) is 0 Å². The van der Waals surface area contributed by atoms with Gasteiger partial charge in [-0.05, 0) is 34.5 Å². The first-order chi connectivity index (χ1) is 8.66. The molecule has 1 aliphatic rings. The van der Waals surface area contributed by atoms with Crippen molar-refractivity contribution in [2.75, 3.05) is 39.3 Å². The lowest BCUT2D eigenvalue weighted by Crippen LogP contribution is -2.46. The van der Waals surface area contributed by atoms with Gasteiger partial charge < -0.3 is 10.6 Å². The van der Waals surface area contributed by atoms with Crippen LogP contribution in [0.4, 0.5) is 0 Å². The first-order valence-electron chi connectivity index (χ1n) is 6.14. The van der Waals surface area contributed by atoms with Crippen molar-refractivity contribution in [2.45, 2.75) is 6.92 Å². The predicted molar refractivity (Wildman–Crippen MR) is 78.4 cm³/mol. The molecule has 0 saturated carbocycles. The average molecular weight is 332 g/mol. The summed E-state index contributed by atoms with van der Waals surface area (Å²) in [6, 6.07) is 1.93. The number of nitrogens with zero attached hydrogens (tertiary/aromatic N) is 1. The molecule has 0 unspecified atom stereocenters. The maximum atomic E-state index is 11.9. The van der Waals surface area contributed by atoms with Gasteiger partial charge in [-0.1, -0.05) is 0 Å². The number of rotatable bonds is 4. The van der Waals surface area contributed by atoms with Gasteiger partial charge in [-0.15, -0.1) is 11.3 Å². The number of nitrogens with one attached hydrogen (secondary N) is 2. The Kier molecular flexibility index (Phi) is 5.17. The largest absolute Gasteiger partial charge is 0.350 e. The summed E-state index contributed by atoms with van der Waals surface area (Å²) in [7, 11) is 0. The second-order valence-corrected chi connectivity index (χ2v) is 6.79. The number of thiophene rings is 1. The van der Waals surface area contributed by atoms with Crippen LogP contribution in [0.3, 0.4) is 0 Å². The van der Waals surface area contributed by atoms with Crippen LogP contribution >= 0.6 is 27.3 Å². The van der Waals surface area contributed by atoms with Crippen LogP contribution in [0.5, 0.6) is 0 Å². The van der Waals surface area contributed by atoms with Gasteiger partial charge in [0.2, 0.25) is 0 Å². The minimum atomic E-state index is 0.0314. The van der Waals surface area contributed by atoms with Gasteiger partial charge in [0.05, 0.1) is 8.66 Å². The number of hydrogen-bond acceptors (Lipinski definition) is 4. The van der Waals surface area contributed by atoms with E-state index in [2.05, 4.69) is 31.5 Å². The molecule has 1 saturated heterocycles. The van der Waals surface area contributed by atoms with E-state index >= 15 is 0 Å². The second kappa shape index (κ2) is 6.65. The fourth-order valence-electron chi connectivity index (χ4n) is 1.92. The topological polar surface area (TPSA) is 44.4 Å². The highest BCUT2D eigenvalue weighted by Gasteiger charge is 2.12. The molecular weight excluding hydrogens is 314 g/mol. The molecule has 1 fully saturated rings. The van der Waals surface area contributed by atoms with Gasteiger partial charge >= 0.3 is 0 Å². The summed E-state index contributed by atoms with van der Waals surface area (Å²) < 4.78 is 1.04. The molecule has 0 bridgehead atoms. The Balaban J connectivity index is 1.74. The molecule has 0 atom stereocenters. The van der Waals surface area contributed by atoms with E-state index in [4.69, 9.17) is 0 Å². The summed E-state index contributed by atoms with van der Waals surface area (Å²) in [5, 5.41) is 6.29. The van der Waals surface area contributed by atoms with Crippen molar-refractivity contribution < 1.29 is 4.79 Å². The smallest absolute Gasteiger partial charge is 0.261 e. The number of halogens is 1. The Bertz CT molecular complexity index is 396. The Morgan fingerprint density at radius 3 is 2.89 bits per heavy atom. The molecule has 0 spiro atoms. The first-order valence-corrected chi connectivity index (χ1v) is 7.75. The lowest BCUT2D eigenvalue weighted by atomic mass is 10.3. The minimum absolute atomic E-state index is 0.0314. The van der Waals surface area contributed by atoms with Crippen LogP contribution in [-0.2, 0) is 0 Å². The number of carbonyl (C=O) groups is 1. The van der Waals surface area contributed by atoms with Gasteiger partial charge in [0.1, 0.15) is 0 Å². The van der Waals surface area contributed by atoms with E-state index in [0.717, 1.165) is 47.0 Å². The van der Waals surface area contributed by atoms with Crippen LogP contribution in [0.1, 0.15) is 15.2 Å². The van der Waals surface area contributed by atoms with E-state index in [9.17, 15) is 4.79 Å². The number of aryl methyl sites for hydroxylation is 1. The van der Waals surface area contributed by atoms with Gasteiger partial charge in [0, 0.05) is 39.3 Å². The van der Waals surface area contributed by atoms with Crippen molar-refractivity contribution in [2.24, 2.45) is 0 Å². The summed E-state index contributed by atoms with van der Waals surface area (Å²) in [4.78, 5) is 15.0. The Labute approximate surface area is 120 Å². The van der Waals surface area contributed by atoms with E-state index in [1.165, 1.54) is 11.3 Å². The summed E-state index contributed by atoms with van der Waals surface area (Å²) in [5.74, 6) is 0.0314. The SMILES string of the molecule is Cc1cc(C(=O)NCCN2CCNCC2)sc1Br. The molecule has 100 valence electrons. The number of amides is 1. The number of carbonyl (C=O) groups excluding carboxylic acids is 1. The minimum Gasteiger partial charge on any atom is -0.350 e. The van der Waals surface area contributed by atoms with Crippen LogP contribution in [0.15, 0.2) is 9.85 Å². The highest BCUT2D eigenvalue weighted by molar-refractivity contribution is 9.11. The van der Waals surface area contributed by atoms with E-state index < -0.39 is 0 Å². The highest BCUT2D eigenvalue weighted by atomic mass is 79.9. The third-order valence-corrected chi connectivity index (χ3v) is 5.14. The van der Waals surface area contributed by atoms with Crippen LogP contribution < -0.4 is 10.6 Å². The maximum absolute atomic E-state index is 11.9. The van der Waals surface area contributed by atoms with E-state index in [-0.39, 0.29) is 5.91 Å². The van der Waals surface area contributed by atoms with Gasteiger partial charge in [0.25, 0.3) is 5.91 Å². The Morgan fingerprint density at radius 2 is 2.28 bits per heavy atom. The molecular formula is C12H18BrN3OS. The number of hydrogen-bond donors (Lipinski definition) is 2. The van der Waals surface area contributed by atoms with Crippen LogP contribution in [0.25, 0.3) is 0 Å². The summed E-state index contributed by atoms with van der Waals surface area (Å²) in [6.07, 6.45) is 0. The molecule has 18 heavy (non-hydrogen) atoms. The quantitative estimate of drug-likeness (QED) is 0.877. The Hall–Kier alpha value is -0.430. The molecule has 0 aromatic carbocycles. The molecule has 2 N–H and O–H groups in total. The van der Waals surface area contributed by atoms with Gasteiger partial charge in [-0.25, -0.2) is 0 Å². The van der Waals surface area contributed by atoms with Crippen LogP contribution in [-0.4, -0.2) is 50.1 Å². The van der Waals surface area contributed by atoms with E-state index in [1.54, 1.807) is 0 Å². The van der Waals surface area contributed by atoms with Gasteiger partial charge in [0.15, 0.2) is 0 Å². The molecule has 2 rings (SSSR count). The van der Waals surface area contributed by atoms with Gasteiger partial charge in [-0.3, -0.25) is 9.69 Å². The lowest BCUT2D eigenvalue weighted by molar-refractivity contribution is 0.0951. The average Bonchev–Trinajstić information content (AvgIpc) is 2.71. The maximum Gasteiger partial charge on any atom is 0.261 e. The molecule has 4 nitrogen and oxygen atoms in total. The predicted octanol–water partition coefficient (Wildman–Crippen LogP) is 1.45. The van der Waals surface area contributed by atoms with Crippen molar-refractivity contribution >= 4 is 33.2 Å². The van der Waals surface area contributed by atoms with Crippen LogP contribution in [0, 0.1) is 6.92 Å². The molecule has 0 aliphatic carbocycles. The van der Waals surface area contributed by atoms with E-state index in [0.29, 0.717) is 6.54 Å². The van der Waals surface area contributed by atoms with Crippen molar-refractivity contribution in [3.05, 3.63) is 20.3 Å². The fraction of sp³-hybridized carbons (Fsp3) is 0.583. The summed E-state index contributed by atoms with van der Waals surface area (Å²) >= 11 is 4.93. The molecule has 0 radical (unpaired) electrons. The molecule has 6 heteroatoms. The van der Waals surface area contributed by atoms with E-state index in [1.807, 2.05) is 13.0 Å². The van der Waals surface area contributed by atoms with Gasteiger partial charge in [-0.2, -0.15) is 0 Å². The zero-order valence-corrected chi connectivity index (χ0v) is 12.9. The standard InChI is InChI=1S/C12H18BrN3OS/c1-9-8-10(18-11(9)13)12(17)15-4-7-16-5-2-14-3-6-16/h8,14H,2-7H2,1H3,(H,15,17). The third kappa shape index (κ3) is 3.78. The zero-order valence-electron chi connectivity index (χ0n) is 10.5. The normalized spacial score (nSPS) is 16.8. The van der Waals surface area contributed by atoms with Crippen molar-refractivity contribution in [3.8, 4) is 0 Å². The monoisotopic (exact) mass is 331 g/mol. The molecule has 1 aliphatic heterocycles. The second-order valence-electron chi connectivity index (χ2n) is 4.41. The summed E-state index contributed by atoms with van der Waals surface area (Å²) in [5.41, 5.74) is 1.12. The summed E-state index contributed by atoms with van der Waals surface area (Å²) in [6.45, 7) is 7.87. The zero-order chi connectivity index (χ0) is 13.0. The fourth-order valence-corrected chi connectivity index (χ4v) is 3.37. The third-order valence-electron chi connectivity index (χ3n) is 3.00. The lowest BCUT2D eigenvalue weighted by Gasteiger charge is -2.26. The molecule has 2 heterocycles. The molecule has 1 amide bonds.